The Morgan fingerprint density at radius 1 is 0.926 bits per heavy atom. The van der Waals surface area contributed by atoms with E-state index in [-0.39, 0.29) is 16.7 Å². The number of ether oxygens (including phenoxy) is 1. The van der Waals surface area contributed by atoms with E-state index >= 15 is 0 Å². The van der Waals surface area contributed by atoms with Gasteiger partial charge in [-0.1, -0.05) is 28.8 Å². The van der Waals surface area contributed by atoms with E-state index in [2.05, 4.69) is 0 Å². The molecule has 0 atom stereocenters. The summed E-state index contributed by atoms with van der Waals surface area (Å²) in [7, 11) is 1.50. The first-order chi connectivity index (χ1) is 13.0. The predicted molar refractivity (Wildman–Crippen MR) is 97.9 cm³/mol. The molecule has 0 saturated carbocycles. The van der Waals surface area contributed by atoms with Crippen molar-refractivity contribution in [3.8, 4) is 5.75 Å². The summed E-state index contributed by atoms with van der Waals surface area (Å²) in [6, 6.07) is 14.1. The fourth-order valence-corrected chi connectivity index (χ4v) is 3.20. The van der Waals surface area contributed by atoms with Crippen LogP contribution in [0.3, 0.4) is 0 Å². The molecule has 4 rings (SSSR count). The molecule has 0 fully saturated rings. The number of hydroxylamine groups is 2. The molecule has 0 aromatic heterocycles. The van der Waals surface area contributed by atoms with E-state index in [1.54, 1.807) is 36.4 Å². The molecule has 7 heteroatoms. The van der Waals surface area contributed by atoms with E-state index < -0.39 is 17.8 Å². The summed E-state index contributed by atoms with van der Waals surface area (Å²) in [5, 5.41) is 1.96. The second-order valence-electron chi connectivity index (χ2n) is 5.84. The lowest BCUT2D eigenvalue weighted by molar-refractivity contribution is -0.0620. The average Bonchev–Trinajstić information content (AvgIpc) is 2.70. The molecule has 2 amide bonds. The van der Waals surface area contributed by atoms with Crippen LogP contribution in [0.5, 0.6) is 5.75 Å². The number of carbonyl (C=O) groups excluding carboxylic acids is 3. The third kappa shape index (κ3) is 2.71. The number of amides is 2. The molecule has 0 radical (unpaired) electrons. The predicted octanol–water partition coefficient (Wildman–Crippen LogP) is 3.87. The first-order valence-electron chi connectivity index (χ1n) is 7.97. The normalized spacial score (nSPS) is 13.0. The Morgan fingerprint density at radius 3 is 2.26 bits per heavy atom. The lowest BCUT2D eigenvalue weighted by Gasteiger charge is -2.25. The van der Waals surface area contributed by atoms with Gasteiger partial charge in [-0.15, -0.1) is 0 Å². The Labute approximate surface area is 158 Å². The monoisotopic (exact) mass is 381 g/mol. The van der Waals surface area contributed by atoms with E-state index in [1.165, 1.54) is 25.3 Å². The fraction of sp³-hybridized carbons (Fsp3) is 0.0500. The van der Waals surface area contributed by atoms with Gasteiger partial charge in [-0.3, -0.25) is 9.59 Å². The molecule has 27 heavy (non-hydrogen) atoms. The molecular weight excluding hydrogens is 370 g/mol. The number of nitrogens with zero attached hydrogens (tertiary/aromatic N) is 1. The highest BCUT2D eigenvalue weighted by atomic mass is 35.5. The summed E-state index contributed by atoms with van der Waals surface area (Å²) in [5.41, 5.74) is 0.663. The molecule has 1 aliphatic rings. The second kappa shape index (κ2) is 6.41. The van der Waals surface area contributed by atoms with E-state index in [0.29, 0.717) is 26.6 Å². The van der Waals surface area contributed by atoms with Crippen molar-refractivity contribution < 1.29 is 24.0 Å². The first kappa shape index (κ1) is 17.1. The quantitative estimate of drug-likeness (QED) is 0.644. The maximum absolute atomic E-state index is 12.8. The Morgan fingerprint density at radius 2 is 1.59 bits per heavy atom. The summed E-state index contributed by atoms with van der Waals surface area (Å²) < 4.78 is 5.03. The number of halogens is 1. The maximum atomic E-state index is 12.8. The number of benzene rings is 3. The van der Waals surface area contributed by atoms with Gasteiger partial charge in [-0.05, 0) is 42.5 Å². The zero-order chi connectivity index (χ0) is 19.1. The SMILES string of the molecule is COc1ccc(C(=O)ON2C(=O)c3cccc4c(Cl)ccc(c34)C2=O)cc1. The van der Waals surface area contributed by atoms with Crippen LogP contribution in [-0.4, -0.2) is 30.0 Å². The summed E-state index contributed by atoms with van der Waals surface area (Å²) >= 11 is 6.17. The van der Waals surface area contributed by atoms with Gasteiger partial charge in [0.15, 0.2) is 0 Å². The lowest BCUT2D eigenvalue weighted by Crippen LogP contribution is -2.41. The van der Waals surface area contributed by atoms with Crippen molar-refractivity contribution in [3.05, 3.63) is 76.3 Å². The summed E-state index contributed by atoms with van der Waals surface area (Å²) in [4.78, 5) is 43.0. The molecule has 134 valence electrons. The summed E-state index contributed by atoms with van der Waals surface area (Å²) in [6.45, 7) is 0. The first-order valence-corrected chi connectivity index (χ1v) is 8.35. The Kier molecular flexibility index (Phi) is 4.05. The smallest absolute Gasteiger partial charge is 0.363 e. The Bertz CT molecular complexity index is 1090. The second-order valence-corrected chi connectivity index (χ2v) is 6.24. The molecule has 0 unspecified atom stereocenters. The van der Waals surface area contributed by atoms with Crippen LogP contribution >= 0.6 is 11.6 Å². The average molecular weight is 382 g/mol. The van der Waals surface area contributed by atoms with Crippen LogP contribution < -0.4 is 4.74 Å². The molecule has 0 saturated heterocycles. The standard InChI is InChI=1S/C20H12ClNO5/c1-26-12-7-5-11(6-8-12)20(25)27-22-18(23)14-4-2-3-13-16(21)10-9-15(17(13)14)19(22)24/h2-10H,1H3. The van der Waals surface area contributed by atoms with E-state index in [4.69, 9.17) is 21.2 Å². The van der Waals surface area contributed by atoms with Crippen LogP contribution in [0.15, 0.2) is 54.6 Å². The van der Waals surface area contributed by atoms with Crippen molar-refractivity contribution in [2.75, 3.05) is 7.11 Å². The third-order valence-corrected chi connectivity index (χ3v) is 4.65. The molecule has 1 heterocycles. The molecule has 1 aliphatic heterocycles. The van der Waals surface area contributed by atoms with Crippen molar-refractivity contribution in [2.24, 2.45) is 0 Å². The minimum absolute atomic E-state index is 0.177. The van der Waals surface area contributed by atoms with Crippen LogP contribution in [0.1, 0.15) is 31.1 Å². The molecular formula is C20H12ClNO5. The van der Waals surface area contributed by atoms with Crippen molar-refractivity contribution in [3.63, 3.8) is 0 Å². The zero-order valence-corrected chi connectivity index (χ0v) is 14.8. The highest BCUT2D eigenvalue weighted by molar-refractivity contribution is 6.38. The van der Waals surface area contributed by atoms with Crippen molar-refractivity contribution >= 4 is 40.2 Å². The van der Waals surface area contributed by atoms with Crippen molar-refractivity contribution in [1.29, 1.82) is 0 Å². The number of imide groups is 1. The molecule has 0 bridgehead atoms. The van der Waals surface area contributed by atoms with E-state index in [1.807, 2.05) is 0 Å². The van der Waals surface area contributed by atoms with Crippen LogP contribution in [0.4, 0.5) is 0 Å². The Hall–Kier alpha value is -3.38. The molecule has 3 aromatic carbocycles. The van der Waals surface area contributed by atoms with Gasteiger partial charge in [-0.2, -0.15) is 0 Å². The lowest BCUT2D eigenvalue weighted by atomic mass is 9.95. The van der Waals surface area contributed by atoms with Gasteiger partial charge in [0.1, 0.15) is 5.75 Å². The van der Waals surface area contributed by atoms with E-state index in [0.717, 1.165) is 0 Å². The third-order valence-electron chi connectivity index (χ3n) is 4.32. The fourth-order valence-electron chi connectivity index (χ4n) is 2.98. The van der Waals surface area contributed by atoms with Crippen LogP contribution in [0, 0.1) is 0 Å². The van der Waals surface area contributed by atoms with Gasteiger partial charge in [0, 0.05) is 15.8 Å². The number of hydrogen-bond donors (Lipinski definition) is 0. The molecule has 0 spiro atoms. The number of hydrogen-bond acceptors (Lipinski definition) is 5. The van der Waals surface area contributed by atoms with E-state index in [9.17, 15) is 14.4 Å². The molecule has 6 nitrogen and oxygen atoms in total. The highest BCUT2D eigenvalue weighted by Crippen LogP contribution is 2.34. The number of methoxy groups -OCH3 is 1. The summed E-state index contributed by atoms with van der Waals surface area (Å²) in [6.07, 6.45) is 0. The van der Waals surface area contributed by atoms with Crippen molar-refractivity contribution in [1.82, 2.24) is 5.06 Å². The topological polar surface area (TPSA) is 72.9 Å². The van der Waals surface area contributed by atoms with Gasteiger partial charge in [0.25, 0.3) is 11.8 Å². The Balaban J connectivity index is 1.71. The maximum Gasteiger partial charge on any atom is 0.363 e. The van der Waals surface area contributed by atoms with Crippen LogP contribution in [-0.2, 0) is 4.84 Å². The molecule has 0 N–H and O–H groups in total. The molecule has 3 aromatic rings. The summed E-state index contributed by atoms with van der Waals surface area (Å²) in [5.74, 6) is -1.71. The van der Waals surface area contributed by atoms with Gasteiger partial charge in [-0.25, -0.2) is 4.79 Å². The van der Waals surface area contributed by atoms with Crippen LogP contribution in [0.2, 0.25) is 5.02 Å². The minimum Gasteiger partial charge on any atom is -0.497 e. The highest BCUT2D eigenvalue weighted by Gasteiger charge is 2.36. The largest absolute Gasteiger partial charge is 0.497 e. The van der Waals surface area contributed by atoms with Gasteiger partial charge >= 0.3 is 5.97 Å². The minimum atomic E-state index is -0.830. The van der Waals surface area contributed by atoms with Crippen LogP contribution in [0.25, 0.3) is 10.8 Å². The molecule has 0 aliphatic carbocycles. The van der Waals surface area contributed by atoms with Gasteiger partial charge < -0.3 is 9.57 Å². The number of carbonyl (C=O) groups is 3. The number of rotatable bonds is 3. The van der Waals surface area contributed by atoms with Crippen molar-refractivity contribution in [2.45, 2.75) is 0 Å². The zero-order valence-electron chi connectivity index (χ0n) is 14.1. The van der Waals surface area contributed by atoms with Gasteiger partial charge in [0.05, 0.1) is 23.8 Å². The van der Waals surface area contributed by atoms with Gasteiger partial charge in [0.2, 0.25) is 0 Å².